The van der Waals surface area contributed by atoms with E-state index in [-0.39, 0.29) is 10.9 Å². The normalized spacial score (nSPS) is 16.1. The number of carbonyl (C=O) groups excluding carboxylic acids is 2. The number of rotatable bonds is 9. The van der Waals surface area contributed by atoms with Crippen LogP contribution >= 0.6 is 11.6 Å². The van der Waals surface area contributed by atoms with Crippen molar-refractivity contribution < 1.29 is 38.0 Å². The van der Waals surface area contributed by atoms with Gasteiger partial charge < -0.3 is 38.6 Å². The smallest absolute Gasteiger partial charge is 0.254 e. The maximum absolute atomic E-state index is 14.2. The summed E-state index contributed by atoms with van der Waals surface area (Å²) in [5, 5.41) is 3.24. The van der Waals surface area contributed by atoms with Crippen molar-refractivity contribution in [1.82, 2.24) is 4.90 Å². The Balaban J connectivity index is 1.91. The summed E-state index contributed by atoms with van der Waals surface area (Å²) in [5.41, 5.74) is 1.79. The van der Waals surface area contributed by atoms with Crippen LogP contribution in [0.1, 0.15) is 33.4 Å². The number of carbonyl (C=O) groups is 2. The topological polar surface area (TPSA) is 105 Å². The molecule has 0 saturated carbocycles. The number of fused-ring (bicyclic) bond motifs is 1. The Labute approximate surface area is 237 Å². The molecule has 11 heteroatoms. The highest BCUT2D eigenvalue weighted by atomic mass is 35.5. The molecule has 1 heterocycles. The highest BCUT2D eigenvalue weighted by molar-refractivity contribution is 6.32. The number of methoxy groups -OCH3 is 6. The van der Waals surface area contributed by atoms with Crippen LogP contribution in [0.3, 0.4) is 0 Å². The minimum atomic E-state index is -0.888. The number of halogens is 1. The summed E-state index contributed by atoms with van der Waals surface area (Å²) in [6, 6.07) is 10.9. The summed E-state index contributed by atoms with van der Waals surface area (Å²) in [7, 11) is 10.6. The van der Waals surface area contributed by atoms with E-state index in [9.17, 15) is 9.59 Å². The molecule has 1 aliphatic rings. The predicted octanol–water partition coefficient (Wildman–Crippen LogP) is 4.94. The van der Waals surface area contributed by atoms with E-state index in [0.717, 1.165) is 0 Å². The highest BCUT2D eigenvalue weighted by Crippen LogP contribution is 2.47. The van der Waals surface area contributed by atoms with Crippen molar-refractivity contribution in [2.24, 2.45) is 0 Å². The molecule has 3 aromatic carbocycles. The number of amides is 2. The Morgan fingerprint density at radius 1 is 0.750 bits per heavy atom. The van der Waals surface area contributed by atoms with Crippen LogP contribution in [0.25, 0.3) is 0 Å². The molecular formula is C29H31ClN2O8. The maximum Gasteiger partial charge on any atom is 0.254 e. The number of likely N-dealkylation sites (N-methyl/N-ethyl adjacent to an activating group) is 1. The van der Waals surface area contributed by atoms with Gasteiger partial charge in [-0.15, -0.1) is 0 Å². The van der Waals surface area contributed by atoms with Crippen LogP contribution in [-0.2, 0) is 4.79 Å². The number of hydrogen-bond donors (Lipinski definition) is 1. The molecule has 2 amide bonds. The zero-order valence-corrected chi connectivity index (χ0v) is 24.0. The van der Waals surface area contributed by atoms with Crippen LogP contribution in [0.15, 0.2) is 42.5 Å². The first-order chi connectivity index (χ1) is 19.2. The van der Waals surface area contributed by atoms with E-state index < -0.39 is 17.9 Å². The molecule has 0 aromatic heterocycles. The molecule has 0 fully saturated rings. The summed E-state index contributed by atoms with van der Waals surface area (Å²) in [6.07, 6.45) is 0. The Morgan fingerprint density at radius 2 is 1.32 bits per heavy atom. The van der Waals surface area contributed by atoms with E-state index in [4.69, 9.17) is 40.0 Å². The zero-order chi connectivity index (χ0) is 29.1. The van der Waals surface area contributed by atoms with Crippen molar-refractivity contribution in [2.75, 3.05) is 55.0 Å². The van der Waals surface area contributed by atoms with E-state index >= 15 is 0 Å². The van der Waals surface area contributed by atoms with E-state index in [1.165, 1.54) is 47.6 Å². The van der Waals surface area contributed by atoms with Gasteiger partial charge in [0.05, 0.1) is 65.3 Å². The molecule has 40 heavy (non-hydrogen) atoms. The molecule has 0 radical (unpaired) electrons. The lowest BCUT2D eigenvalue weighted by Gasteiger charge is -2.40. The molecular weight excluding hydrogens is 540 g/mol. The van der Waals surface area contributed by atoms with Crippen molar-refractivity contribution in [2.45, 2.75) is 12.0 Å². The van der Waals surface area contributed by atoms with Crippen LogP contribution in [-0.4, -0.2) is 66.4 Å². The van der Waals surface area contributed by atoms with E-state index in [2.05, 4.69) is 5.32 Å². The second-order valence-corrected chi connectivity index (χ2v) is 9.33. The first-order valence-electron chi connectivity index (χ1n) is 12.2. The summed E-state index contributed by atoms with van der Waals surface area (Å²) in [6.45, 7) is 0. The number of anilines is 1. The summed E-state index contributed by atoms with van der Waals surface area (Å²) in [5.74, 6) is 0.888. The number of nitrogens with zero attached hydrogens (tertiary/aromatic N) is 1. The van der Waals surface area contributed by atoms with Crippen LogP contribution in [0, 0.1) is 0 Å². The Bertz CT molecular complexity index is 1440. The third-order valence-electron chi connectivity index (χ3n) is 6.94. The molecule has 2 unspecified atom stereocenters. The summed E-state index contributed by atoms with van der Waals surface area (Å²) < 4.78 is 32.6. The van der Waals surface area contributed by atoms with Crippen LogP contribution in [0.4, 0.5) is 5.69 Å². The third kappa shape index (κ3) is 5.02. The lowest BCUT2D eigenvalue weighted by atomic mass is 9.79. The third-order valence-corrected chi connectivity index (χ3v) is 7.23. The van der Waals surface area contributed by atoms with Gasteiger partial charge in [0.1, 0.15) is 11.5 Å². The van der Waals surface area contributed by atoms with Gasteiger partial charge in [-0.3, -0.25) is 9.59 Å². The molecule has 4 rings (SSSR count). The van der Waals surface area contributed by atoms with Crippen LogP contribution in [0.5, 0.6) is 34.5 Å². The molecule has 3 aromatic rings. The van der Waals surface area contributed by atoms with Gasteiger partial charge in [0.25, 0.3) is 5.91 Å². The van der Waals surface area contributed by atoms with Gasteiger partial charge in [-0.25, -0.2) is 0 Å². The second kappa shape index (κ2) is 11.8. The van der Waals surface area contributed by atoms with E-state index in [1.807, 2.05) is 0 Å². The summed E-state index contributed by atoms with van der Waals surface area (Å²) >= 11 is 6.37. The van der Waals surface area contributed by atoms with Gasteiger partial charge in [0.15, 0.2) is 23.0 Å². The predicted molar refractivity (Wildman–Crippen MR) is 150 cm³/mol. The molecule has 212 valence electrons. The lowest BCUT2D eigenvalue weighted by Crippen LogP contribution is -2.44. The van der Waals surface area contributed by atoms with Crippen molar-refractivity contribution in [1.29, 1.82) is 0 Å². The number of nitrogens with one attached hydrogen (secondary N) is 1. The SMILES string of the molecule is COc1cc(OC)c(NC(=O)C2c3cc(OC)c(OC)cc3C(=O)N(C)C2c2ccc(OC)c(OC)c2)cc1Cl. The Morgan fingerprint density at radius 3 is 1.93 bits per heavy atom. The number of hydrogen-bond acceptors (Lipinski definition) is 8. The monoisotopic (exact) mass is 570 g/mol. The van der Waals surface area contributed by atoms with Crippen molar-refractivity contribution >= 4 is 29.1 Å². The van der Waals surface area contributed by atoms with Gasteiger partial charge in [0, 0.05) is 18.7 Å². The molecule has 0 aliphatic carbocycles. The second-order valence-electron chi connectivity index (χ2n) is 8.92. The van der Waals surface area contributed by atoms with Crippen molar-refractivity contribution in [3.8, 4) is 34.5 Å². The minimum absolute atomic E-state index is 0.287. The fourth-order valence-electron chi connectivity index (χ4n) is 4.95. The minimum Gasteiger partial charge on any atom is -0.495 e. The zero-order valence-electron chi connectivity index (χ0n) is 23.3. The highest BCUT2D eigenvalue weighted by Gasteiger charge is 2.44. The molecule has 0 bridgehead atoms. The van der Waals surface area contributed by atoms with Gasteiger partial charge in [-0.2, -0.15) is 0 Å². The Hall–Kier alpha value is -4.31. The average Bonchev–Trinajstić information content (AvgIpc) is 2.97. The van der Waals surface area contributed by atoms with Gasteiger partial charge in [0.2, 0.25) is 5.91 Å². The average molecular weight is 571 g/mol. The molecule has 1 N–H and O–H groups in total. The Kier molecular flexibility index (Phi) is 8.49. The number of benzene rings is 3. The standard InChI is InChI=1S/C29H31ClN2O8/c1-32-27(15-8-9-20(35-2)23(10-15)38-5)26(16-11-24(39-6)25(40-7)12-17(16)29(32)34)28(33)31-19-13-18(30)21(36-3)14-22(19)37-4/h8-14,26-27H,1-7H3,(H,31,33). The van der Waals surface area contributed by atoms with E-state index in [1.54, 1.807) is 49.5 Å². The molecule has 0 saturated heterocycles. The van der Waals surface area contributed by atoms with E-state index in [0.29, 0.717) is 56.9 Å². The molecule has 1 aliphatic heterocycles. The maximum atomic E-state index is 14.2. The van der Waals surface area contributed by atoms with Crippen LogP contribution in [0.2, 0.25) is 5.02 Å². The first kappa shape index (κ1) is 28.7. The fraction of sp³-hybridized carbons (Fsp3) is 0.310. The first-order valence-corrected chi connectivity index (χ1v) is 12.6. The fourth-order valence-corrected chi connectivity index (χ4v) is 5.19. The quantitative estimate of drug-likeness (QED) is 0.386. The molecule has 2 atom stereocenters. The van der Waals surface area contributed by atoms with Gasteiger partial charge in [-0.1, -0.05) is 17.7 Å². The lowest BCUT2D eigenvalue weighted by molar-refractivity contribution is -0.119. The molecule has 0 spiro atoms. The van der Waals surface area contributed by atoms with Crippen molar-refractivity contribution in [3.63, 3.8) is 0 Å². The van der Waals surface area contributed by atoms with Crippen LogP contribution < -0.4 is 33.7 Å². The van der Waals surface area contributed by atoms with Gasteiger partial charge >= 0.3 is 0 Å². The van der Waals surface area contributed by atoms with Crippen molar-refractivity contribution in [3.05, 3.63) is 64.2 Å². The largest absolute Gasteiger partial charge is 0.495 e. The molecule has 10 nitrogen and oxygen atoms in total. The summed E-state index contributed by atoms with van der Waals surface area (Å²) in [4.78, 5) is 29.4. The number of ether oxygens (including phenoxy) is 6. The van der Waals surface area contributed by atoms with Gasteiger partial charge in [-0.05, 0) is 41.5 Å².